The molecule has 0 unspecified atom stereocenters. The molecule has 2 aliphatic heterocycles. The van der Waals surface area contributed by atoms with Gasteiger partial charge in [0.25, 0.3) is 10.1 Å². The molecule has 0 amide bonds. The molecular weight excluding hydrogens is 308 g/mol. The summed E-state index contributed by atoms with van der Waals surface area (Å²) in [5.41, 5.74) is 0.986. The predicted molar refractivity (Wildman–Crippen MR) is 77.9 cm³/mol. The molecule has 1 aromatic carbocycles. The van der Waals surface area contributed by atoms with Gasteiger partial charge < -0.3 is 14.2 Å². The molecule has 0 aromatic heterocycles. The summed E-state index contributed by atoms with van der Waals surface area (Å²) in [6.07, 6.45) is -0.930. The van der Waals surface area contributed by atoms with E-state index >= 15 is 0 Å². The van der Waals surface area contributed by atoms with Gasteiger partial charge >= 0.3 is 0 Å². The minimum atomic E-state index is -3.80. The lowest BCUT2D eigenvalue weighted by molar-refractivity contribution is -0.177. The Hall–Kier alpha value is -0.990. The second-order valence-corrected chi connectivity index (χ2v) is 7.68. The van der Waals surface area contributed by atoms with Crippen LogP contribution in [-0.2, 0) is 28.5 Å². The largest absolute Gasteiger partial charge is 0.370 e. The van der Waals surface area contributed by atoms with Crippen LogP contribution in [0, 0.1) is 6.92 Å². The zero-order valence-electron chi connectivity index (χ0n) is 12.8. The smallest absolute Gasteiger partial charge is 0.297 e. The molecule has 2 aliphatic rings. The summed E-state index contributed by atoms with van der Waals surface area (Å²) in [6, 6.07) is 6.52. The fraction of sp³-hybridized carbons (Fsp3) is 0.600. The fourth-order valence-corrected chi connectivity index (χ4v) is 3.61. The van der Waals surface area contributed by atoms with Crippen LogP contribution in [0.5, 0.6) is 0 Å². The summed E-state index contributed by atoms with van der Waals surface area (Å²) in [5, 5.41) is 0. The van der Waals surface area contributed by atoms with Crippen molar-refractivity contribution in [3.63, 3.8) is 0 Å². The van der Waals surface area contributed by atoms with Gasteiger partial charge in [-0.05, 0) is 32.9 Å². The highest BCUT2D eigenvalue weighted by atomic mass is 32.2. The SMILES string of the molecule is Cc1ccc(S(=O)(=O)OC[C@H]2OC[C@@H]3OC(C)(C)O[C@@H]32)cc1. The Balaban J connectivity index is 1.64. The lowest BCUT2D eigenvalue weighted by Gasteiger charge is -2.21. The molecule has 2 saturated heterocycles. The molecule has 122 valence electrons. The van der Waals surface area contributed by atoms with Gasteiger partial charge in [-0.15, -0.1) is 0 Å². The van der Waals surface area contributed by atoms with E-state index in [4.69, 9.17) is 18.4 Å². The summed E-state index contributed by atoms with van der Waals surface area (Å²) >= 11 is 0. The Morgan fingerprint density at radius 3 is 2.59 bits per heavy atom. The van der Waals surface area contributed by atoms with Gasteiger partial charge in [-0.1, -0.05) is 17.7 Å². The number of rotatable bonds is 4. The van der Waals surface area contributed by atoms with E-state index in [0.29, 0.717) is 6.61 Å². The molecule has 7 heteroatoms. The summed E-state index contributed by atoms with van der Waals surface area (Å²) in [4.78, 5) is 0.136. The van der Waals surface area contributed by atoms with Crippen molar-refractivity contribution in [2.45, 2.75) is 49.8 Å². The first-order chi connectivity index (χ1) is 10.3. The van der Waals surface area contributed by atoms with Crippen molar-refractivity contribution in [3.8, 4) is 0 Å². The Bertz CT molecular complexity index is 637. The molecular formula is C15H20O6S. The van der Waals surface area contributed by atoms with Gasteiger partial charge in [0.05, 0.1) is 18.1 Å². The Morgan fingerprint density at radius 1 is 1.23 bits per heavy atom. The van der Waals surface area contributed by atoms with Gasteiger partial charge in [-0.2, -0.15) is 8.42 Å². The van der Waals surface area contributed by atoms with Crippen LogP contribution in [-0.4, -0.2) is 45.7 Å². The molecule has 0 radical (unpaired) electrons. The lowest BCUT2D eigenvalue weighted by Crippen LogP contribution is -2.33. The Kier molecular flexibility index (Phi) is 4.03. The van der Waals surface area contributed by atoms with Gasteiger partial charge in [0, 0.05) is 0 Å². The summed E-state index contributed by atoms with van der Waals surface area (Å²) < 4.78 is 46.4. The molecule has 6 nitrogen and oxygen atoms in total. The Labute approximate surface area is 130 Å². The molecule has 0 aliphatic carbocycles. The van der Waals surface area contributed by atoms with Gasteiger partial charge in [-0.3, -0.25) is 4.18 Å². The summed E-state index contributed by atoms with van der Waals surface area (Å²) in [6.45, 7) is 5.84. The van der Waals surface area contributed by atoms with Crippen molar-refractivity contribution in [2.24, 2.45) is 0 Å². The third-order valence-electron chi connectivity index (χ3n) is 3.76. The van der Waals surface area contributed by atoms with Crippen molar-refractivity contribution in [1.29, 1.82) is 0 Å². The molecule has 1 aromatic rings. The van der Waals surface area contributed by atoms with E-state index in [1.165, 1.54) is 12.1 Å². The number of ether oxygens (including phenoxy) is 3. The maximum absolute atomic E-state index is 12.2. The molecule has 2 fully saturated rings. The van der Waals surface area contributed by atoms with Crippen LogP contribution < -0.4 is 0 Å². The highest BCUT2D eigenvalue weighted by Crippen LogP contribution is 2.35. The van der Waals surface area contributed by atoms with E-state index < -0.39 is 22.0 Å². The quantitative estimate of drug-likeness (QED) is 0.782. The van der Waals surface area contributed by atoms with Crippen LogP contribution in [0.3, 0.4) is 0 Å². The first kappa shape index (κ1) is 15.9. The first-order valence-electron chi connectivity index (χ1n) is 7.20. The number of hydrogen-bond acceptors (Lipinski definition) is 6. The van der Waals surface area contributed by atoms with Crippen molar-refractivity contribution >= 4 is 10.1 Å². The molecule has 0 N–H and O–H groups in total. The standard InChI is InChI=1S/C15H20O6S/c1-10-4-6-11(7-5-10)22(16,17)19-9-12-14-13(8-18-12)20-15(2,3)21-14/h4-7,12-14H,8-9H2,1-3H3/t12-,13+,14-/m1/s1. The topological polar surface area (TPSA) is 71.1 Å². The highest BCUT2D eigenvalue weighted by Gasteiger charge is 2.50. The minimum Gasteiger partial charge on any atom is -0.370 e. The molecule has 22 heavy (non-hydrogen) atoms. The molecule has 3 atom stereocenters. The number of benzene rings is 1. The summed E-state index contributed by atoms with van der Waals surface area (Å²) in [5.74, 6) is -0.673. The van der Waals surface area contributed by atoms with E-state index in [2.05, 4.69) is 0 Å². The van der Waals surface area contributed by atoms with E-state index in [-0.39, 0.29) is 23.7 Å². The van der Waals surface area contributed by atoms with Crippen molar-refractivity contribution < 1.29 is 26.8 Å². The molecule has 0 spiro atoms. The van der Waals surface area contributed by atoms with E-state index in [1.54, 1.807) is 12.1 Å². The van der Waals surface area contributed by atoms with Crippen molar-refractivity contribution in [2.75, 3.05) is 13.2 Å². The average molecular weight is 328 g/mol. The third-order valence-corrected chi connectivity index (χ3v) is 5.06. The third kappa shape index (κ3) is 3.18. The van der Waals surface area contributed by atoms with Crippen LogP contribution in [0.1, 0.15) is 19.4 Å². The average Bonchev–Trinajstić information content (AvgIpc) is 2.92. The van der Waals surface area contributed by atoms with Crippen molar-refractivity contribution in [3.05, 3.63) is 29.8 Å². The van der Waals surface area contributed by atoms with Gasteiger partial charge in [0.1, 0.15) is 18.3 Å². The maximum atomic E-state index is 12.2. The fourth-order valence-electron chi connectivity index (χ4n) is 2.69. The van der Waals surface area contributed by atoms with Crippen molar-refractivity contribution in [1.82, 2.24) is 0 Å². The maximum Gasteiger partial charge on any atom is 0.297 e. The molecule has 0 saturated carbocycles. The van der Waals surface area contributed by atoms with Crippen LogP contribution in [0.2, 0.25) is 0 Å². The number of aryl methyl sites for hydroxylation is 1. The van der Waals surface area contributed by atoms with Gasteiger partial charge in [0.15, 0.2) is 5.79 Å². The second-order valence-electron chi connectivity index (χ2n) is 6.06. The normalized spacial score (nSPS) is 30.4. The zero-order chi connectivity index (χ0) is 16.0. The summed E-state index contributed by atoms with van der Waals surface area (Å²) in [7, 11) is -3.80. The number of hydrogen-bond donors (Lipinski definition) is 0. The van der Waals surface area contributed by atoms with Crippen LogP contribution in [0.15, 0.2) is 29.2 Å². The van der Waals surface area contributed by atoms with Crippen LogP contribution >= 0.6 is 0 Å². The molecule has 3 rings (SSSR count). The predicted octanol–water partition coefficient (Wildman–Crippen LogP) is 1.62. The molecule has 0 bridgehead atoms. The van der Waals surface area contributed by atoms with Crippen LogP contribution in [0.4, 0.5) is 0 Å². The first-order valence-corrected chi connectivity index (χ1v) is 8.61. The van der Waals surface area contributed by atoms with Crippen LogP contribution in [0.25, 0.3) is 0 Å². The van der Waals surface area contributed by atoms with Gasteiger partial charge in [-0.25, -0.2) is 0 Å². The monoisotopic (exact) mass is 328 g/mol. The van der Waals surface area contributed by atoms with E-state index in [1.807, 2.05) is 20.8 Å². The Morgan fingerprint density at radius 2 is 1.91 bits per heavy atom. The second kappa shape index (κ2) is 5.58. The van der Waals surface area contributed by atoms with E-state index in [9.17, 15) is 8.42 Å². The van der Waals surface area contributed by atoms with E-state index in [0.717, 1.165) is 5.56 Å². The lowest BCUT2D eigenvalue weighted by atomic mass is 10.2. The molecule has 2 heterocycles. The van der Waals surface area contributed by atoms with Gasteiger partial charge in [0.2, 0.25) is 0 Å². The highest BCUT2D eigenvalue weighted by molar-refractivity contribution is 7.86. The number of fused-ring (bicyclic) bond motifs is 1. The minimum absolute atomic E-state index is 0.0865. The zero-order valence-corrected chi connectivity index (χ0v) is 13.6.